The van der Waals surface area contributed by atoms with E-state index >= 15 is 0 Å². The molecule has 0 radical (unpaired) electrons. The summed E-state index contributed by atoms with van der Waals surface area (Å²) in [4.78, 5) is 11.9. The van der Waals surface area contributed by atoms with Gasteiger partial charge in [0.1, 0.15) is 6.04 Å². The zero-order chi connectivity index (χ0) is 12.5. The van der Waals surface area contributed by atoms with Crippen LogP contribution in [0.1, 0.15) is 33.1 Å². The minimum Gasteiger partial charge on any atom is -0.297 e. The van der Waals surface area contributed by atoms with Crippen LogP contribution in [0.25, 0.3) is 0 Å². The average Bonchev–Trinajstić information content (AvgIpc) is 2.33. The van der Waals surface area contributed by atoms with E-state index in [4.69, 9.17) is 0 Å². The van der Waals surface area contributed by atoms with Crippen LogP contribution in [0.15, 0.2) is 30.3 Å². The first kappa shape index (κ1) is 12.1. The van der Waals surface area contributed by atoms with Crippen molar-refractivity contribution >= 4 is 11.5 Å². The van der Waals surface area contributed by atoms with Crippen LogP contribution in [0.5, 0.6) is 0 Å². The number of benzene rings is 1. The van der Waals surface area contributed by atoms with E-state index in [1.54, 1.807) is 0 Å². The third kappa shape index (κ3) is 2.67. The fourth-order valence-corrected chi connectivity index (χ4v) is 2.35. The Hall–Kier alpha value is -1.35. The molecule has 0 unspecified atom stereocenters. The molecule has 0 aliphatic heterocycles. The second kappa shape index (κ2) is 4.49. The van der Waals surface area contributed by atoms with Crippen LogP contribution >= 0.6 is 0 Å². The van der Waals surface area contributed by atoms with Crippen molar-refractivity contribution in [3.63, 3.8) is 0 Å². The molecule has 1 saturated carbocycles. The Morgan fingerprint density at radius 2 is 1.94 bits per heavy atom. The van der Waals surface area contributed by atoms with Crippen LogP contribution < -0.4 is 5.06 Å². The standard InChI is InChI=1S/C14H19NO2/c1-14(2)9-8-13(16)12(10-14)15(17)11-6-4-3-5-7-11/h3-7,12,17H,8-10H2,1-2H3/t12-/m0/s1. The summed E-state index contributed by atoms with van der Waals surface area (Å²) in [6.07, 6.45) is 2.17. The predicted octanol–water partition coefficient (Wildman–Crippen LogP) is 3.03. The second-order valence-electron chi connectivity index (χ2n) is 5.53. The highest BCUT2D eigenvalue weighted by Crippen LogP contribution is 2.36. The van der Waals surface area contributed by atoms with Crippen LogP contribution in [0.4, 0.5) is 5.69 Å². The van der Waals surface area contributed by atoms with Gasteiger partial charge in [-0.2, -0.15) is 0 Å². The van der Waals surface area contributed by atoms with Crippen LogP contribution in [0.3, 0.4) is 0 Å². The first-order valence-corrected chi connectivity index (χ1v) is 6.05. The number of anilines is 1. The van der Waals surface area contributed by atoms with Crippen molar-refractivity contribution in [1.29, 1.82) is 0 Å². The van der Waals surface area contributed by atoms with E-state index in [1.165, 1.54) is 0 Å². The first-order chi connectivity index (χ1) is 7.99. The third-order valence-electron chi connectivity index (χ3n) is 3.48. The lowest BCUT2D eigenvalue weighted by Crippen LogP contribution is -2.45. The highest BCUT2D eigenvalue weighted by Gasteiger charge is 2.36. The molecule has 0 bridgehead atoms. The Morgan fingerprint density at radius 1 is 1.29 bits per heavy atom. The van der Waals surface area contributed by atoms with Crippen LogP contribution in [-0.4, -0.2) is 17.0 Å². The molecule has 17 heavy (non-hydrogen) atoms. The molecule has 0 aromatic heterocycles. The van der Waals surface area contributed by atoms with Crippen molar-refractivity contribution in [1.82, 2.24) is 0 Å². The lowest BCUT2D eigenvalue weighted by Gasteiger charge is -2.38. The molecule has 1 aliphatic carbocycles. The molecular formula is C14H19NO2. The second-order valence-corrected chi connectivity index (χ2v) is 5.53. The number of Topliss-reactive ketones (excluding diaryl/α,β-unsaturated/α-hetero) is 1. The summed E-state index contributed by atoms with van der Waals surface area (Å²) in [6.45, 7) is 4.29. The van der Waals surface area contributed by atoms with Gasteiger partial charge in [-0.1, -0.05) is 32.0 Å². The van der Waals surface area contributed by atoms with Crippen LogP contribution in [-0.2, 0) is 4.79 Å². The fraction of sp³-hybridized carbons (Fsp3) is 0.500. The van der Waals surface area contributed by atoms with Crippen molar-refractivity contribution < 1.29 is 10.0 Å². The summed E-state index contributed by atoms with van der Waals surface area (Å²) < 4.78 is 0. The molecule has 1 aromatic rings. The molecule has 0 amide bonds. The average molecular weight is 233 g/mol. The maximum atomic E-state index is 11.9. The summed E-state index contributed by atoms with van der Waals surface area (Å²) in [5, 5.41) is 11.3. The number of hydrogen-bond acceptors (Lipinski definition) is 3. The zero-order valence-corrected chi connectivity index (χ0v) is 10.4. The molecule has 92 valence electrons. The number of para-hydroxylation sites is 1. The number of carbonyl (C=O) groups excluding carboxylic acids is 1. The van der Waals surface area contributed by atoms with E-state index in [1.807, 2.05) is 30.3 Å². The van der Waals surface area contributed by atoms with E-state index in [-0.39, 0.29) is 11.2 Å². The summed E-state index contributed by atoms with van der Waals surface area (Å²) in [5.74, 6) is 0.135. The molecule has 0 saturated heterocycles. The first-order valence-electron chi connectivity index (χ1n) is 6.05. The van der Waals surface area contributed by atoms with Gasteiger partial charge in [-0.15, -0.1) is 0 Å². The topological polar surface area (TPSA) is 40.5 Å². The van der Waals surface area contributed by atoms with Gasteiger partial charge >= 0.3 is 0 Å². The molecule has 3 heteroatoms. The Bertz CT molecular complexity index is 400. The molecule has 0 spiro atoms. The Kier molecular flexibility index (Phi) is 3.20. The van der Waals surface area contributed by atoms with Gasteiger partial charge in [-0.25, -0.2) is 5.06 Å². The molecule has 1 aromatic carbocycles. The molecule has 1 aliphatic rings. The number of rotatable bonds is 2. The predicted molar refractivity (Wildman–Crippen MR) is 67.1 cm³/mol. The fourth-order valence-electron chi connectivity index (χ4n) is 2.35. The Balaban J connectivity index is 2.18. The third-order valence-corrected chi connectivity index (χ3v) is 3.48. The molecule has 1 atom stereocenters. The van der Waals surface area contributed by atoms with Gasteiger partial charge in [0, 0.05) is 6.42 Å². The lowest BCUT2D eigenvalue weighted by molar-refractivity contribution is -0.125. The summed E-state index contributed by atoms with van der Waals surface area (Å²) >= 11 is 0. The van der Waals surface area contributed by atoms with Gasteiger partial charge in [0.25, 0.3) is 0 Å². The number of hydrogen-bond donors (Lipinski definition) is 1. The molecule has 0 heterocycles. The van der Waals surface area contributed by atoms with E-state index < -0.39 is 6.04 Å². The molecule has 3 nitrogen and oxygen atoms in total. The van der Waals surface area contributed by atoms with Gasteiger partial charge in [0.2, 0.25) is 0 Å². The van der Waals surface area contributed by atoms with Gasteiger partial charge < -0.3 is 0 Å². The zero-order valence-electron chi connectivity index (χ0n) is 10.4. The van der Waals surface area contributed by atoms with Gasteiger partial charge in [0.15, 0.2) is 5.78 Å². The van der Waals surface area contributed by atoms with Crippen molar-refractivity contribution in [2.45, 2.75) is 39.2 Å². The Labute approximate surface area is 102 Å². The summed E-state index contributed by atoms with van der Waals surface area (Å²) in [5.41, 5.74) is 0.803. The smallest absolute Gasteiger partial charge is 0.157 e. The maximum absolute atomic E-state index is 11.9. The SMILES string of the molecule is CC1(C)CCC(=O)[C@@H](N(O)c2ccccc2)C1. The maximum Gasteiger partial charge on any atom is 0.157 e. The number of nitrogens with zero attached hydrogens (tertiary/aromatic N) is 1. The number of hydroxylamine groups is 1. The highest BCUT2D eigenvalue weighted by molar-refractivity contribution is 5.87. The largest absolute Gasteiger partial charge is 0.297 e. The molecule has 1 fully saturated rings. The lowest BCUT2D eigenvalue weighted by atomic mass is 9.74. The summed E-state index contributed by atoms with van der Waals surface area (Å²) in [7, 11) is 0. The minimum atomic E-state index is -0.402. The highest BCUT2D eigenvalue weighted by atomic mass is 16.5. The Morgan fingerprint density at radius 3 is 2.59 bits per heavy atom. The van der Waals surface area contributed by atoms with Crippen LogP contribution in [0.2, 0.25) is 0 Å². The normalized spacial score (nSPS) is 23.5. The van der Waals surface area contributed by atoms with Crippen molar-refractivity contribution in [3.05, 3.63) is 30.3 Å². The molecule has 1 N–H and O–H groups in total. The van der Waals surface area contributed by atoms with Gasteiger partial charge in [0.05, 0.1) is 5.69 Å². The van der Waals surface area contributed by atoms with Crippen LogP contribution in [0, 0.1) is 5.41 Å². The quantitative estimate of drug-likeness (QED) is 0.798. The number of ketones is 1. The minimum absolute atomic E-state index is 0.119. The summed E-state index contributed by atoms with van der Waals surface area (Å²) in [6, 6.07) is 8.84. The van der Waals surface area contributed by atoms with Crippen molar-refractivity contribution in [2.75, 3.05) is 5.06 Å². The van der Waals surface area contributed by atoms with Gasteiger partial charge in [-0.3, -0.25) is 10.0 Å². The molecule has 2 rings (SSSR count). The van der Waals surface area contributed by atoms with E-state index in [0.29, 0.717) is 18.5 Å². The molecular weight excluding hydrogens is 214 g/mol. The van der Waals surface area contributed by atoms with Gasteiger partial charge in [-0.05, 0) is 30.4 Å². The van der Waals surface area contributed by atoms with Crippen molar-refractivity contribution in [3.8, 4) is 0 Å². The van der Waals surface area contributed by atoms with E-state index in [9.17, 15) is 10.0 Å². The monoisotopic (exact) mass is 233 g/mol. The van der Waals surface area contributed by atoms with Crippen molar-refractivity contribution in [2.24, 2.45) is 5.41 Å². The van der Waals surface area contributed by atoms with E-state index in [2.05, 4.69) is 13.8 Å². The van der Waals surface area contributed by atoms with E-state index in [0.717, 1.165) is 11.5 Å². The number of carbonyl (C=O) groups is 1.